The van der Waals surface area contributed by atoms with Crippen LogP contribution in [0.1, 0.15) is 37.8 Å². The lowest BCUT2D eigenvalue weighted by molar-refractivity contribution is -0.129. The minimum absolute atomic E-state index is 0.0206. The van der Waals surface area contributed by atoms with Crippen LogP contribution in [-0.2, 0) is 22.6 Å². The van der Waals surface area contributed by atoms with E-state index in [1.54, 1.807) is 11.3 Å². The van der Waals surface area contributed by atoms with Gasteiger partial charge in [-0.1, -0.05) is 32.0 Å². The highest BCUT2D eigenvalue weighted by Gasteiger charge is 2.32. The lowest BCUT2D eigenvalue weighted by atomic mass is 10.0. The Morgan fingerprint density at radius 3 is 2.88 bits per heavy atom. The Balaban J connectivity index is 1.88. The molecule has 1 aliphatic rings. The third-order valence-corrected chi connectivity index (χ3v) is 5.58. The summed E-state index contributed by atoms with van der Waals surface area (Å²) in [6.07, 6.45) is 2.19. The maximum absolute atomic E-state index is 13.2. The van der Waals surface area contributed by atoms with E-state index in [2.05, 4.69) is 16.8 Å². The molecule has 0 unspecified atom stereocenters. The molecule has 0 radical (unpaired) electrons. The number of amides is 2. The second-order valence-corrected chi connectivity index (χ2v) is 7.37. The molecule has 0 saturated heterocycles. The Hall–Kier alpha value is -2.14. The molecule has 1 aromatic carbocycles. The van der Waals surface area contributed by atoms with E-state index in [4.69, 9.17) is 0 Å². The maximum atomic E-state index is 13.2. The summed E-state index contributed by atoms with van der Waals surface area (Å²) in [5, 5.41) is 7.06. The molecule has 132 valence electrons. The Morgan fingerprint density at radius 1 is 1.36 bits per heavy atom. The molecule has 2 atom stereocenters. The predicted octanol–water partition coefficient (Wildman–Crippen LogP) is 3.76. The largest absolute Gasteiger partial charge is 0.344 e. The topological polar surface area (TPSA) is 49.4 Å². The molecule has 1 aromatic heterocycles. The van der Waals surface area contributed by atoms with Gasteiger partial charge in [-0.25, -0.2) is 0 Å². The number of carbonyl (C=O) groups is 2. The number of rotatable bonds is 5. The number of anilines is 1. The molecule has 4 nitrogen and oxygen atoms in total. The van der Waals surface area contributed by atoms with Crippen molar-refractivity contribution in [1.82, 2.24) is 5.32 Å². The number of hydrogen-bond donors (Lipinski definition) is 1. The minimum atomic E-state index is -0.465. The van der Waals surface area contributed by atoms with E-state index >= 15 is 0 Å². The van der Waals surface area contributed by atoms with Gasteiger partial charge in [-0.15, -0.1) is 0 Å². The number of thiophene rings is 1. The first-order chi connectivity index (χ1) is 12.1. The number of para-hydroxylation sites is 1. The van der Waals surface area contributed by atoms with Crippen LogP contribution >= 0.6 is 11.3 Å². The van der Waals surface area contributed by atoms with E-state index in [1.165, 1.54) is 0 Å². The number of fused-ring (bicyclic) bond motifs is 1. The lowest BCUT2D eigenvalue weighted by Gasteiger charge is -2.26. The van der Waals surface area contributed by atoms with Crippen molar-refractivity contribution >= 4 is 28.8 Å². The Labute approximate surface area is 152 Å². The highest BCUT2D eigenvalue weighted by molar-refractivity contribution is 7.07. The second-order valence-electron chi connectivity index (χ2n) is 6.59. The van der Waals surface area contributed by atoms with Crippen LogP contribution in [-0.4, -0.2) is 17.9 Å². The van der Waals surface area contributed by atoms with Crippen molar-refractivity contribution < 1.29 is 9.59 Å². The third-order valence-electron chi connectivity index (χ3n) is 4.85. The van der Waals surface area contributed by atoms with Gasteiger partial charge in [0.05, 0.1) is 6.54 Å². The van der Waals surface area contributed by atoms with Crippen molar-refractivity contribution in [1.29, 1.82) is 0 Å². The number of benzene rings is 1. The average Bonchev–Trinajstić information content (AvgIpc) is 3.11. The second kappa shape index (κ2) is 7.83. The zero-order chi connectivity index (χ0) is 17.8. The zero-order valence-corrected chi connectivity index (χ0v) is 15.5. The van der Waals surface area contributed by atoms with Gasteiger partial charge in [0.15, 0.2) is 0 Å². The van der Waals surface area contributed by atoms with Crippen molar-refractivity contribution in [2.24, 2.45) is 5.92 Å². The SMILES string of the molecule is CC[C@@H](C)C(=O)N[C@H]1CCc2ccccc2N(Cc2ccsc2)C1=O. The van der Waals surface area contributed by atoms with Crippen LogP contribution in [0.5, 0.6) is 0 Å². The average molecular weight is 356 g/mol. The van der Waals surface area contributed by atoms with E-state index in [9.17, 15) is 9.59 Å². The summed E-state index contributed by atoms with van der Waals surface area (Å²) in [5.74, 6) is -0.140. The molecule has 0 fully saturated rings. The van der Waals surface area contributed by atoms with Gasteiger partial charge in [0.2, 0.25) is 11.8 Å². The summed E-state index contributed by atoms with van der Waals surface area (Å²) in [6, 6.07) is 9.61. The molecule has 2 heterocycles. The third kappa shape index (κ3) is 3.93. The molecular weight excluding hydrogens is 332 g/mol. The van der Waals surface area contributed by atoms with Gasteiger partial charge in [0.25, 0.3) is 0 Å². The van der Waals surface area contributed by atoms with Gasteiger partial charge in [-0.05, 0) is 53.3 Å². The molecule has 0 saturated carbocycles. The Bertz CT molecular complexity index is 742. The summed E-state index contributed by atoms with van der Waals surface area (Å²) >= 11 is 1.63. The van der Waals surface area contributed by atoms with Crippen LogP contribution < -0.4 is 10.2 Å². The Kier molecular flexibility index (Phi) is 5.53. The fourth-order valence-electron chi connectivity index (χ4n) is 3.08. The van der Waals surface area contributed by atoms with Gasteiger partial charge in [-0.3, -0.25) is 9.59 Å². The van der Waals surface area contributed by atoms with Crippen molar-refractivity contribution in [2.75, 3.05) is 4.90 Å². The standard InChI is InChI=1S/C20H24N2O2S/c1-3-14(2)19(23)21-17-9-8-16-6-4-5-7-18(16)22(20(17)24)12-15-10-11-25-13-15/h4-7,10-11,13-14,17H,3,8-9,12H2,1-2H3,(H,21,23)/t14-,17+/m1/s1. The van der Waals surface area contributed by atoms with Gasteiger partial charge in [-0.2, -0.15) is 11.3 Å². The molecule has 0 bridgehead atoms. The van der Waals surface area contributed by atoms with Crippen molar-refractivity contribution in [3.63, 3.8) is 0 Å². The van der Waals surface area contributed by atoms with Crippen LogP contribution in [0.4, 0.5) is 5.69 Å². The molecule has 2 amide bonds. The molecule has 0 aliphatic carbocycles. The number of nitrogens with zero attached hydrogens (tertiary/aromatic N) is 1. The van der Waals surface area contributed by atoms with E-state index < -0.39 is 6.04 Å². The lowest BCUT2D eigenvalue weighted by Crippen LogP contribution is -2.49. The van der Waals surface area contributed by atoms with Crippen LogP contribution in [0.25, 0.3) is 0 Å². The molecule has 1 N–H and O–H groups in total. The van der Waals surface area contributed by atoms with Crippen molar-refractivity contribution in [2.45, 2.75) is 45.7 Å². The summed E-state index contributed by atoms with van der Waals surface area (Å²) in [6.45, 7) is 4.42. The smallest absolute Gasteiger partial charge is 0.249 e. The van der Waals surface area contributed by atoms with Gasteiger partial charge in [0, 0.05) is 11.6 Å². The summed E-state index contributed by atoms with van der Waals surface area (Å²) in [4.78, 5) is 27.3. The first kappa shape index (κ1) is 17.7. The molecule has 1 aliphatic heterocycles. The summed E-state index contributed by atoms with van der Waals surface area (Å²) < 4.78 is 0. The van der Waals surface area contributed by atoms with Crippen LogP contribution in [0, 0.1) is 5.92 Å². The molecule has 0 spiro atoms. The first-order valence-electron chi connectivity index (χ1n) is 8.81. The summed E-state index contributed by atoms with van der Waals surface area (Å²) in [5.41, 5.74) is 3.23. The maximum Gasteiger partial charge on any atom is 0.249 e. The zero-order valence-electron chi connectivity index (χ0n) is 14.7. The van der Waals surface area contributed by atoms with Gasteiger partial charge < -0.3 is 10.2 Å². The van der Waals surface area contributed by atoms with Crippen molar-refractivity contribution in [3.05, 3.63) is 52.2 Å². The fourth-order valence-corrected chi connectivity index (χ4v) is 3.74. The molecule has 25 heavy (non-hydrogen) atoms. The van der Waals surface area contributed by atoms with Crippen LogP contribution in [0.15, 0.2) is 41.1 Å². The highest BCUT2D eigenvalue weighted by Crippen LogP contribution is 2.29. The van der Waals surface area contributed by atoms with Crippen LogP contribution in [0.3, 0.4) is 0 Å². The van der Waals surface area contributed by atoms with Crippen LogP contribution in [0.2, 0.25) is 0 Å². The van der Waals surface area contributed by atoms with E-state index in [-0.39, 0.29) is 17.7 Å². The summed E-state index contributed by atoms with van der Waals surface area (Å²) in [7, 11) is 0. The Morgan fingerprint density at radius 2 is 2.16 bits per heavy atom. The number of nitrogens with one attached hydrogen (secondary N) is 1. The monoisotopic (exact) mass is 356 g/mol. The highest BCUT2D eigenvalue weighted by atomic mass is 32.1. The molecule has 2 aromatic rings. The number of aryl methyl sites for hydroxylation is 1. The molecular formula is C20H24N2O2S. The molecule has 5 heteroatoms. The number of hydrogen-bond acceptors (Lipinski definition) is 3. The first-order valence-corrected chi connectivity index (χ1v) is 9.75. The normalized spacial score (nSPS) is 18.4. The van der Waals surface area contributed by atoms with E-state index in [0.29, 0.717) is 13.0 Å². The van der Waals surface area contributed by atoms with Crippen molar-refractivity contribution in [3.8, 4) is 0 Å². The van der Waals surface area contributed by atoms with Gasteiger partial charge >= 0.3 is 0 Å². The minimum Gasteiger partial charge on any atom is -0.344 e. The van der Waals surface area contributed by atoms with Gasteiger partial charge in [0.1, 0.15) is 6.04 Å². The predicted molar refractivity (Wildman–Crippen MR) is 102 cm³/mol. The number of carbonyl (C=O) groups excluding carboxylic acids is 2. The fraction of sp³-hybridized carbons (Fsp3) is 0.400. The molecule has 3 rings (SSSR count). The van der Waals surface area contributed by atoms with E-state index in [0.717, 1.165) is 29.7 Å². The quantitative estimate of drug-likeness (QED) is 0.887. The van der Waals surface area contributed by atoms with E-state index in [1.807, 2.05) is 48.4 Å².